The van der Waals surface area contributed by atoms with Crippen LogP contribution < -0.4 is 10.9 Å². The Morgan fingerprint density at radius 3 is 2.35 bits per heavy atom. The van der Waals surface area contributed by atoms with Crippen LogP contribution in [0.2, 0.25) is 5.02 Å². The fourth-order valence-corrected chi connectivity index (χ4v) is 2.54. The van der Waals surface area contributed by atoms with Gasteiger partial charge in [0, 0.05) is 23.2 Å². The van der Waals surface area contributed by atoms with Crippen LogP contribution in [-0.4, -0.2) is 17.0 Å². The maximum absolute atomic E-state index is 12.8. The minimum Gasteiger partial charge on any atom is -0.354 e. The third-order valence-electron chi connectivity index (χ3n) is 3.99. The lowest BCUT2D eigenvalue weighted by Gasteiger charge is -2.26. The van der Waals surface area contributed by atoms with Crippen molar-refractivity contribution in [3.63, 3.8) is 0 Å². The van der Waals surface area contributed by atoms with Gasteiger partial charge in [-0.25, -0.2) is 0 Å². The van der Waals surface area contributed by atoms with Gasteiger partial charge in [0.25, 0.3) is 5.56 Å². The summed E-state index contributed by atoms with van der Waals surface area (Å²) in [6.45, 7) is 3.58. The van der Waals surface area contributed by atoms with Crippen molar-refractivity contribution in [2.45, 2.75) is 32.0 Å². The summed E-state index contributed by atoms with van der Waals surface area (Å²) in [5.74, 6) is -0.548. The van der Waals surface area contributed by atoms with Gasteiger partial charge in [0.05, 0.1) is 0 Å². The van der Waals surface area contributed by atoms with E-state index >= 15 is 0 Å². The number of nitrogens with one attached hydrogen (secondary N) is 1. The summed E-state index contributed by atoms with van der Waals surface area (Å²) in [6.07, 6.45) is -3.60. The zero-order valence-electron chi connectivity index (χ0n) is 14.2. The van der Waals surface area contributed by atoms with Gasteiger partial charge in [-0.15, -0.1) is 0 Å². The second kappa shape index (κ2) is 7.53. The van der Waals surface area contributed by atoms with E-state index in [1.165, 1.54) is 0 Å². The first-order chi connectivity index (χ1) is 12.0. The third kappa shape index (κ3) is 4.88. The van der Waals surface area contributed by atoms with Crippen LogP contribution in [0.25, 0.3) is 0 Å². The number of carbonyl (C=O) groups is 1. The molecule has 0 aliphatic heterocycles. The van der Waals surface area contributed by atoms with Gasteiger partial charge in [-0.05, 0) is 29.8 Å². The molecule has 0 fully saturated rings. The van der Waals surface area contributed by atoms with E-state index in [9.17, 15) is 22.8 Å². The minimum atomic E-state index is -4.76. The van der Waals surface area contributed by atoms with Gasteiger partial charge in [-0.2, -0.15) is 13.2 Å². The molecule has 1 aromatic heterocycles. The molecule has 2 rings (SSSR count). The molecular formula is C18H18ClF3N2O2. The van der Waals surface area contributed by atoms with Gasteiger partial charge in [0.1, 0.15) is 12.1 Å². The molecule has 1 heterocycles. The quantitative estimate of drug-likeness (QED) is 0.853. The molecule has 0 bridgehead atoms. The SMILES string of the molecule is CC(C)(CNC(=O)Cn1cccc(C(F)(F)F)c1=O)c1ccc(Cl)cc1. The van der Waals surface area contributed by atoms with E-state index in [1.54, 1.807) is 12.1 Å². The Balaban J connectivity index is 2.06. The standard InChI is InChI=1S/C18H18ClF3N2O2/c1-17(2,12-5-7-13(19)8-6-12)11-23-15(25)10-24-9-3-4-14(16(24)26)18(20,21)22/h3-9H,10-11H2,1-2H3,(H,23,25). The Morgan fingerprint density at radius 2 is 1.77 bits per heavy atom. The Labute approximate surface area is 153 Å². The van der Waals surface area contributed by atoms with Gasteiger partial charge in [0.2, 0.25) is 5.91 Å². The molecule has 0 aliphatic rings. The molecule has 140 valence electrons. The average Bonchev–Trinajstić information content (AvgIpc) is 2.54. The number of benzene rings is 1. The molecule has 4 nitrogen and oxygen atoms in total. The van der Waals surface area contributed by atoms with Crippen molar-refractivity contribution in [3.8, 4) is 0 Å². The summed E-state index contributed by atoms with van der Waals surface area (Å²) in [5.41, 5.74) is -2.02. The molecule has 1 N–H and O–H groups in total. The summed E-state index contributed by atoms with van der Waals surface area (Å²) in [4.78, 5) is 23.9. The van der Waals surface area contributed by atoms with E-state index in [0.29, 0.717) is 11.1 Å². The number of pyridine rings is 1. The Bertz CT molecular complexity index is 843. The van der Waals surface area contributed by atoms with E-state index < -0.39 is 35.2 Å². The van der Waals surface area contributed by atoms with Crippen molar-refractivity contribution in [1.82, 2.24) is 9.88 Å². The number of nitrogens with zero attached hydrogens (tertiary/aromatic N) is 1. The van der Waals surface area contributed by atoms with Crippen molar-refractivity contribution in [1.29, 1.82) is 0 Å². The maximum atomic E-state index is 12.8. The monoisotopic (exact) mass is 386 g/mol. The van der Waals surface area contributed by atoms with Crippen LogP contribution in [0.4, 0.5) is 13.2 Å². The Hall–Kier alpha value is -2.28. The number of hydrogen-bond acceptors (Lipinski definition) is 2. The highest BCUT2D eigenvalue weighted by Crippen LogP contribution is 2.26. The predicted molar refractivity (Wildman–Crippen MR) is 93.2 cm³/mol. The molecule has 0 unspecified atom stereocenters. The maximum Gasteiger partial charge on any atom is 0.421 e. The summed E-state index contributed by atoms with van der Waals surface area (Å²) in [6, 6.07) is 8.94. The molecule has 0 aliphatic carbocycles. The first kappa shape index (κ1) is 20.0. The first-order valence-corrected chi connectivity index (χ1v) is 8.18. The second-order valence-electron chi connectivity index (χ2n) is 6.52. The lowest BCUT2D eigenvalue weighted by atomic mass is 9.84. The van der Waals surface area contributed by atoms with Crippen LogP contribution in [0, 0.1) is 0 Å². The van der Waals surface area contributed by atoms with Crippen LogP contribution in [0.3, 0.4) is 0 Å². The number of aromatic nitrogens is 1. The van der Waals surface area contributed by atoms with Crippen LogP contribution in [0.1, 0.15) is 25.0 Å². The largest absolute Gasteiger partial charge is 0.421 e. The van der Waals surface area contributed by atoms with E-state index in [0.717, 1.165) is 22.4 Å². The number of carbonyl (C=O) groups excluding carboxylic acids is 1. The fourth-order valence-electron chi connectivity index (χ4n) is 2.41. The normalized spacial score (nSPS) is 12.1. The molecule has 0 saturated heterocycles. The molecule has 1 aromatic carbocycles. The van der Waals surface area contributed by atoms with Crippen molar-refractivity contribution < 1.29 is 18.0 Å². The predicted octanol–water partition coefficient (Wildman–Crippen LogP) is 3.61. The molecule has 0 radical (unpaired) electrons. The average molecular weight is 387 g/mol. The van der Waals surface area contributed by atoms with Crippen molar-refractivity contribution in [2.24, 2.45) is 0 Å². The van der Waals surface area contributed by atoms with E-state index in [2.05, 4.69) is 5.32 Å². The molecule has 8 heteroatoms. The fraction of sp³-hybridized carbons (Fsp3) is 0.333. The third-order valence-corrected chi connectivity index (χ3v) is 4.24. The summed E-state index contributed by atoms with van der Waals surface area (Å²) < 4.78 is 39.0. The highest BCUT2D eigenvalue weighted by atomic mass is 35.5. The lowest BCUT2D eigenvalue weighted by molar-refractivity contribution is -0.139. The number of alkyl halides is 3. The van der Waals surface area contributed by atoms with Gasteiger partial charge < -0.3 is 9.88 Å². The van der Waals surface area contributed by atoms with Crippen LogP contribution >= 0.6 is 11.6 Å². The number of halogens is 4. The Morgan fingerprint density at radius 1 is 1.15 bits per heavy atom. The second-order valence-corrected chi connectivity index (χ2v) is 6.96. The summed E-state index contributed by atoms with van der Waals surface area (Å²) >= 11 is 5.86. The smallest absolute Gasteiger partial charge is 0.354 e. The van der Waals surface area contributed by atoms with Crippen molar-refractivity contribution in [3.05, 3.63) is 69.1 Å². The van der Waals surface area contributed by atoms with Crippen LogP contribution in [0.15, 0.2) is 47.4 Å². The molecule has 0 spiro atoms. The van der Waals surface area contributed by atoms with Gasteiger partial charge >= 0.3 is 6.18 Å². The molecule has 0 atom stereocenters. The minimum absolute atomic E-state index is 0.251. The van der Waals surface area contributed by atoms with Crippen molar-refractivity contribution >= 4 is 17.5 Å². The summed E-state index contributed by atoms with van der Waals surface area (Å²) in [7, 11) is 0. The number of amides is 1. The number of hydrogen-bond donors (Lipinski definition) is 1. The Kier molecular flexibility index (Phi) is 5.81. The van der Waals surface area contributed by atoms with E-state index in [-0.39, 0.29) is 6.54 Å². The molecular weight excluding hydrogens is 369 g/mol. The molecule has 2 aromatic rings. The lowest BCUT2D eigenvalue weighted by Crippen LogP contribution is -2.40. The molecule has 0 saturated carbocycles. The van der Waals surface area contributed by atoms with E-state index in [4.69, 9.17) is 11.6 Å². The highest BCUT2D eigenvalue weighted by Gasteiger charge is 2.34. The van der Waals surface area contributed by atoms with Gasteiger partial charge in [0.15, 0.2) is 0 Å². The molecule has 1 amide bonds. The van der Waals surface area contributed by atoms with Crippen molar-refractivity contribution in [2.75, 3.05) is 6.54 Å². The highest BCUT2D eigenvalue weighted by molar-refractivity contribution is 6.30. The van der Waals surface area contributed by atoms with Gasteiger partial charge in [-0.3, -0.25) is 9.59 Å². The number of rotatable bonds is 5. The van der Waals surface area contributed by atoms with E-state index in [1.807, 2.05) is 26.0 Å². The van der Waals surface area contributed by atoms with Crippen LogP contribution in [-0.2, 0) is 22.9 Å². The zero-order valence-corrected chi connectivity index (χ0v) is 15.0. The molecule has 26 heavy (non-hydrogen) atoms. The van der Waals surface area contributed by atoms with Gasteiger partial charge in [-0.1, -0.05) is 37.6 Å². The summed E-state index contributed by atoms with van der Waals surface area (Å²) in [5, 5.41) is 3.25. The zero-order chi connectivity index (χ0) is 19.5. The topological polar surface area (TPSA) is 51.1 Å². The first-order valence-electron chi connectivity index (χ1n) is 7.80. The van der Waals surface area contributed by atoms with Crippen LogP contribution in [0.5, 0.6) is 0 Å².